The molecule has 68 valence electrons. The quantitative estimate of drug-likeness (QED) is 0.704. The molecule has 0 unspecified atom stereocenters. The van der Waals surface area contributed by atoms with E-state index < -0.39 is 0 Å². The number of alkyl halides is 1. The molecular formula is C9H8BrFN2. The number of rotatable bonds is 1. The average Bonchev–Trinajstić information content (AvgIpc) is 2.43. The van der Waals surface area contributed by atoms with Gasteiger partial charge in [0.15, 0.2) is 5.82 Å². The molecule has 0 N–H and O–H groups in total. The molecule has 0 bridgehead atoms. The Morgan fingerprint density at radius 3 is 3.00 bits per heavy atom. The Kier molecular flexibility index (Phi) is 2.07. The number of aryl methyl sites for hydroxylation is 1. The lowest BCUT2D eigenvalue weighted by Gasteiger charge is -1.94. The van der Waals surface area contributed by atoms with Crippen molar-refractivity contribution in [1.82, 2.24) is 9.78 Å². The van der Waals surface area contributed by atoms with Gasteiger partial charge in [0.25, 0.3) is 0 Å². The van der Waals surface area contributed by atoms with Crippen molar-refractivity contribution in [2.75, 3.05) is 0 Å². The lowest BCUT2D eigenvalue weighted by molar-refractivity contribution is 0.632. The van der Waals surface area contributed by atoms with Crippen LogP contribution in [-0.4, -0.2) is 9.78 Å². The van der Waals surface area contributed by atoms with Gasteiger partial charge in [0.2, 0.25) is 0 Å². The van der Waals surface area contributed by atoms with Gasteiger partial charge in [-0.3, -0.25) is 4.68 Å². The van der Waals surface area contributed by atoms with Crippen molar-refractivity contribution >= 4 is 26.8 Å². The van der Waals surface area contributed by atoms with Gasteiger partial charge < -0.3 is 0 Å². The van der Waals surface area contributed by atoms with Gasteiger partial charge in [-0.05, 0) is 6.07 Å². The van der Waals surface area contributed by atoms with Gasteiger partial charge in [-0.15, -0.1) is 0 Å². The maximum atomic E-state index is 13.2. The molecule has 0 aliphatic rings. The van der Waals surface area contributed by atoms with Crippen LogP contribution in [0.1, 0.15) is 5.69 Å². The molecule has 0 radical (unpaired) electrons. The molecule has 0 atom stereocenters. The molecule has 1 heterocycles. The molecule has 2 rings (SSSR count). The molecule has 0 aliphatic carbocycles. The molecule has 1 aromatic heterocycles. The standard InChI is InChI=1S/C9H8BrFN2/c1-13-8(5-10)6-3-2-4-7(11)9(6)12-13/h2-4H,5H2,1H3. The Morgan fingerprint density at radius 1 is 1.54 bits per heavy atom. The molecular weight excluding hydrogens is 235 g/mol. The Labute approximate surface area is 83.5 Å². The van der Waals surface area contributed by atoms with E-state index in [-0.39, 0.29) is 5.82 Å². The number of halogens is 2. The largest absolute Gasteiger partial charge is 0.270 e. The topological polar surface area (TPSA) is 17.8 Å². The minimum atomic E-state index is -0.264. The van der Waals surface area contributed by atoms with Crippen LogP contribution in [-0.2, 0) is 12.4 Å². The number of hydrogen-bond acceptors (Lipinski definition) is 1. The Bertz CT molecular complexity index is 450. The number of nitrogens with zero attached hydrogens (tertiary/aromatic N) is 2. The highest BCUT2D eigenvalue weighted by Gasteiger charge is 2.09. The van der Waals surface area contributed by atoms with Crippen LogP contribution in [0.25, 0.3) is 10.9 Å². The molecule has 2 nitrogen and oxygen atoms in total. The van der Waals surface area contributed by atoms with Gasteiger partial charge in [-0.25, -0.2) is 4.39 Å². The summed E-state index contributed by atoms with van der Waals surface area (Å²) < 4.78 is 14.9. The van der Waals surface area contributed by atoms with E-state index in [2.05, 4.69) is 21.0 Å². The molecule has 0 saturated heterocycles. The Balaban J connectivity index is 2.86. The van der Waals surface area contributed by atoms with Gasteiger partial charge in [0.05, 0.1) is 5.69 Å². The summed E-state index contributed by atoms with van der Waals surface area (Å²) in [4.78, 5) is 0. The fraction of sp³-hybridized carbons (Fsp3) is 0.222. The lowest BCUT2D eigenvalue weighted by atomic mass is 10.2. The van der Waals surface area contributed by atoms with Crippen LogP contribution in [0.2, 0.25) is 0 Å². The first kappa shape index (κ1) is 8.69. The van der Waals surface area contributed by atoms with Crippen molar-refractivity contribution in [2.24, 2.45) is 7.05 Å². The molecule has 4 heteroatoms. The van der Waals surface area contributed by atoms with Crippen LogP contribution >= 0.6 is 15.9 Å². The molecule has 13 heavy (non-hydrogen) atoms. The third-order valence-electron chi connectivity index (χ3n) is 2.06. The third-order valence-corrected chi connectivity index (χ3v) is 2.60. The number of benzene rings is 1. The van der Waals surface area contributed by atoms with Gasteiger partial charge >= 0.3 is 0 Å². The number of fused-ring (bicyclic) bond motifs is 1. The van der Waals surface area contributed by atoms with Crippen LogP contribution in [0.4, 0.5) is 4.39 Å². The van der Waals surface area contributed by atoms with E-state index in [1.165, 1.54) is 6.07 Å². The van der Waals surface area contributed by atoms with Crippen molar-refractivity contribution in [3.8, 4) is 0 Å². The Hall–Kier alpha value is -0.900. The first-order valence-corrected chi connectivity index (χ1v) is 5.02. The normalized spacial score (nSPS) is 11.0. The summed E-state index contributed by atoms with van der Waals surface area (Å²) in [6, 6.07) is 5.00. The summed E-state index contributed by atoms with van der Waals surface area (Å²) in [6.45, 7) is 0. The predicted molar refractivity (Wildman–Crippen MR) is 53.3 cm³/mol. The summed E-state index contributed by atoms with van der Waals surface area (Å²) >= 11 is 3.35. The number of aromatic nitrogens is 2. The molecule has 1 aromatic carbocycles. The lowest BCUT2D eigenvalue weighted by Crippen LogP contribution is -1.94. The highest BCUT2D eigenvalue weighted by molar-refractivity contribution is 9.08. The fourth-order valence-corrected chi connectivity index (χ4v) is 2.06. The molecule has 0 saturated carbocycles. The second-order valence-electron chi connectivity index (χ2n) is 2.84. The molecule has 2 aromatic rings. The predicted octanol–water partition coefficient (Wildman–Crippen LogP) is 2.61. The summed E-state index contributed by atoms with van der Waals surface area (Å²) in [5.74, 6) is -0.264. The van der Waals surface area contributed by atoms with Crippen LogP contribution in [0.3, 0.4) is 0 Å². The fourth-order valence-electron chi connectivity index (χ4n) is 1.39. The molecule has 0 fully saturated rings. The summed E-state index contributed by atoms with van der Waals surface area (Å²) in [5.41, 5.74) is 1.44. The monoisotopic (exact) mass is 242 g/mol. The molecule has 0 spiro atoms. The maximum Gasteiger partial charge on any atom is 0.151 e. The van der Waals surface area contributed by atoms with Crippen molar-refractivity contribution in [2.45, 2.75) is 5.33 Å². The molecule has 0 amide bonds. The van der Waals surface area contributed by atoms with E-state index in [0.717, 1.165) is 11.1 Å². The van der Waals surface area contributed by atoms with E-state index in [4.69, 9.17) is 0 Å². The van der Waals surface area contributed by atoms with E-state index in [9.17, 15) is 4.39 Å². The molecule has 0 aliphatic heterocycles. The zero-order chi connectivity index (χ0) is 9.42. The maximum absolute atomic E-state index is 13.2. The second-order valence-corrected chi connectivity index (χ2v) is 3.40. The SMILES string of the molecule is Cn1nc2c(F)cccc2c1CBr. The van der Waals surface area contributed by atoms with E-state index >= 15 is 0 Å². The van der Waals surface area contributed by atoms with Gasteiger partial charge in [-0.2, -0.15) is 5.10 Å². The highest BCUT2D eigenvalue weighted by Crippen LogP contribution is 2.21. The van der Waals surface area contributed by atoms with Gasteiger partial charge in [0, 0.05) is 17.8 Å². The minimum Gasteiger partial charge on any atom is -0.270 e. The first-order chi connectivity index (χ1) is 6.24. The van der Waals surface area contributed by atoms with Crippen LogP contribution < -0.4 is 0 Å². The zero-order valence-electron chi connectivity index (χ0n) is 7.09. The van der Waals surface area contributed by atoms with E-state index in [1.807, 2.05) is 13.1 Å². The summed E-state index contributed by atoms with van der Waals surface area (Å²) in [6.07, 6.45) is 0. The Morgan fingerprint density at radius 2 is 2.31 bits per heavy atom. The van der Waals surface area contributed by atoms with Crippen LogP contribution in [0.15, 0.2) is 18.2 Å². The second kappa shape index (κ2) is 3.10. The van der Waals surface area contributed by atoms with E-state index in [1.54, 1.807) is 10.7 Å². The third kappa shape index (κ3) is 1.25. The minimum absolute atomic E-state index is 0.264. The van der Waals surface area contributed by atoms with E-state index in [0.29, 0.717) is 10.8 Å². The summed E-state index contributed by atoms with van der Waals surface area (Å²) in [7, 11) is 1.82. The van der Waals surface area contributed by atoms with Crippen LogP contribution in [0, 0.1) is 5.82 Å². The first-order valence-electron chi connectivity index (χ1n) is 3.90. The van der Waals surface area contributed by atoms with Crippen molar-refractivity contribution in [3.63, 3.8) is 0 Å². The zero-order valence-corrected chi connectivity index (χ0v) is 8.68. The van der Waals surface area contributed by atoms with Gasteiger partial charge in [-0.1, -0.05) is 28.1 Å². The smallest absolute Gasteiger partial charge is 0.151 e. The van der Waals surface area contributed by atoms with Crippen molar-refractivity contribution in [1.29, 1.82) is 0 Å². The van der Waals surface area contributed by atoms with Crippen molar-refractivity contribution < 1.29 is 4.39 Å². The van der Waals surface area contributed by atoms with Crippen LogP contribution in [0.5, 0.6) is 0 Å². The van der Waals surface area contributed by atoms with Crippen molar-refractivity contribution in [3.05, 3.63) is 29.7 Å². The van der Waals surface area contributed by atoms with Gasteiger partial charge in [0.1, 0.15) is 5.52 Å². The number of hydrogen-bond donors (Lipinski definition) is 0. The highest BCUT2D eigenvalue weighted by atomic mass is 79.9. The average molecular weight is 243 g/mol. The summed E-state index contributed by atoms with van der Waals surface area (Å²) in [5, 5.41) is 5.65.